The molecule has 1 aromatic rings. The maximum atomic E-state index is 11.9. The average molecular weight is 395 g/mol. The number of nitrogens with zero attached hydrogens (tertiary/aromatic N) is 4. The van der Waals surface area contributed by atoms with E-state index < -0.39 is 33.3 Å². The molecule has 0 unspecified atom stereocenters. The van der Waals surface area contributed by atoms with Crippen LogP contribution in [0.25, 0.3) is 0 Å². The summed E-state index contributed by atoms with van der Waals surface area (Å²) in [5, 5.41) is 23.7. The zero-order valence-electron chi connectivity index (χ0n) is 16.0. The van der Waals surface area contributed by atoms with Crippen molar-refractivity contribution >= 4 is 5.84 Å². The van der Waals surface area contributed by atoms with E-state index >= 15 is 0 Å². The van der Waals surface area contributed by atoms with Gasteiger partial charge in [0.2, 0.25) is 11.6 Å². The van der Waals surface area contributed by atoms with Crippen LogP contribution in [0, 0.1) is 20.2 Å². The molecule has 0 aliphatic carbocycles. The van der Waals surface area contributed by atoms with Gasteiger partial charge in [-0.1, -0.05) is 6.07 Å². The average Bonchev–Trinajstić information content (AvgIpc) is 2.64. The monoisotopic (exact) mass is 395 g/mol. The lowest BCUT2D eigenvalue weighted by molar-refractivity contribution is -0.517. The van der Waals surface area contributed by atoms with E-state index in [0.29, 0.717) is 5.75 Å². The standard InChI is InChI=1S/C16H21N5O7/c1-19(2)16-12(21(24)25)10(11(20(22)23)15(17)18-16)8-6-7-9(26-3)14(28-5)13(8)27-4/h6-7,10,12H,17H2,1-5H3/t10-,12+/m1/s1. The molecule has 2 atom stereocenters. The van der Waals surface area contributed by atoms with Crippen molar-refractivity contribution in [3.8, 4) is 17.2 Å². The van der Waals surface area contributed by atoms with Crippen LogP contribution in [0.2, 0.25) is 0 Å². The third kappa shape index (κ3) is 3.35. The number of hydrogen-bond acceptors (Lipinski definition) is 10. The molecule has 12 heteroatoms. The Morgan fingerprint density at radius 2 is 1.68 bits per heavy atom. The van der Waals surface area contributed by atoms with Crippen molar-refractivity contribution in [1.82, 2.24) is 4.90 Å². The second-order valence-electron chi connectivity index (χ2n) is 6.02. The molecule has 1 aromatic carbocycles. The number of amidine groups is 1. The van der Waals surface area contributed by atoms with Crippen LogP contribution in [0.5, 0.6) is 17.2 Å². The minimum atomic E-state index is -1.56. The van der Waals surface area contributed by atoms with Crippen LogP contribution in [0.4, 0.5) is 0 Å². The fourth-order valence-electron chi connectivity index (χ4n) is 3.18. The summed E-state index contributed by atoms with van der Waals surface area (Å²) in [5.41, 5.74) is 5.39. The van der Waals surface area contributed by atoms with Gasteiger partial charge < -0.3 is 24.8 Å². The number of methoxy groups -OCH3 is 3. The summed E-state index contributed by atoms with van der Waals surface area (Å²) in [6.45, 7) is 0. The molecule has 0 fully saturated rings. The first kappa shape index (κ1) is 20.7. The maximum Gasteiger partial charge on any atom is 0.302 e. The molecule has 1 aliphatic heterocycles. The molecule has 2 N–H and O–H groups in total. The smallest absolute Gasteiger partial charge is 0.302 e. The van der Waals surface area contributed by atoms with Crippen molar-refractivity contribution in [3.05, 3.63) is 49.4 Å². The summed E-state index contributed by atoms with van der Waals surface area (Å²) >= 11 is 0. The lowest BCUT2D eigenvalue weighted by Crippen LogP contribution is -2.47. The molecular weight excluding hydrogens is 374 g/mol. The highest BCUT2D eigenvalue weighted by Crippen LogP contribution is 2.47. The third-order valence-electron chi connectivity index (χ3n) is 4.32. The Bertz CT molecular complexity index is 865. The zero-order chi connectivity index (χ0) is 21.2. The molecule has 2 rings (SSSR count). The Hall–Kier alpha value is -3.57. The fourth-order valence-corrected chi connectivity index (χ4v) is 3.18. The third-order valence-corrected chi connectivity index (χ3v) is 4.32. The van der Waals surface area contributed by atoms with Gasteiger partial charge in [-0.2, -0.15) is 0 Å². The molecule has 1 heterocycles. The van der Waals surface area contributed by atoms with Gasteiger partial charge in [-0.15, -0.1) is 0 Å². The van der Waals surface area contributed by atoms with Crippen molar-refractivity contribution in [3.63, 3.8) is 0 Å². The van der Waals surface area contributed by atoms with Crippen molar-refractivity contribution in [2.45, 2.75) is 12.0 Å². The predicted octanol–water partition coefficient (Wildman–Crippen LogP) is 0.820. The van der Waals surface area contributed by atoms with Crippen LogP contribution in [0.1, 0.15) is 11.5 Å². The summed E-state index contributed by atoms with van der Waals surface area (Å²) in [6, 6.07) is 1.38. The van der Waals surface area contributed by atoms with Crippen LogP contribution in [-0.4, -0.2) is 62.0 Å². The highest BCUT2D eigenvalue weighted by Gasteiger charge is 2.52. The highest BCUT2D eigenvalue weighted by atomic mass is 16.6. The summed E-state index contributed by atoms with van der Waals surface area (Å²) in [7, 11) is 7.19. The maximum absolute atomic E-state index is 11.9. The van der Waals surface area contributed by atoms with E-state index in [9.17, 15) is 20.2 Å². The molecule has 0 saturated carbocycles. The van der Waals surface area contributed by atoms with Gasteiger partial charge in [0.1, 0.15) is 0 Å². The molecule has 0 bridgehead atoms. The van der Waals surface area contributed by atoms with Gasteiger partial charge in [0.25, 0.3) is 6.04 Å². The van der Waals surface area contributed by atoms with Gasteiger partial charge in [-0.25, -0.2) is 4.99 Å². The quantitative estimate of drug-likeness (QED) is 0.544. The van der Waals surface area contributed by atoms with Crippen LogP contribution in [0.3, 0.4) is 0 Å². The molecule has 28 heavy (non-hydrogen) atoms. The number of rotatable bonds is 6. The summed E-state index contributed by atoms with van der Waals surface area (Å²) < 4.78 is 15.9. The summed E-state index contributed by atoms with van der Waals surface area (Å²) in [6.07, 6.45) is 0. The van der Waals surface area contributed by atoms with E-state index in [4.69, 9.17) is 19.9 Å². The van der Waals surface area contributed by atoms with E-state index in [-0.39, 0.29) is 22.9 Å². The fraction of sp³-hybridized carbons (Fsp3) is 0.438. The summed E-state index contributed by atoms with van der Waals surface area (Å²) in [5.74, 6) is -1.26. The number of nitro groups is 2. The lowest BCUT2D eigenvalue weighted by atomic mass is 9.85. The predicted molar refractivity (Wildman–Crippen MR) is 99.0 cm³/mol. The van der Waals surface area contributed by atoms with Gasteiger partial charge >= 0.3 is 5.70 Å². The van der Waals surface area contributed by atoms with Gasteiger partial charge in [-0.05, 0) is 6.07 Å². The Kier molecular flexibility index (Phi) is 5.91. The Balaban J connectivity index is 2.88. The highest BCUT2D eigenvalue weighted by molar-refractivity contribution is 5.89. The minimum Gasteiger partial charge on any atom is -0.493 e. The van der Waals surface area contributed by atoms with Gasteiger partial charge in [0.15, 0.2) is 23.3 Å². The Morgan fingerprint density at radius 3 is 2.11 bits per heavy atom. The first-order valence-electron chi connectivity index (χ1n) is 8.01. The van der Waals surface area contributed by atoms with E-state index in [1.54, 1.807) is 14.1 Å². The van der Waals surface area contributed by atoms with Crippen LogP contribution in [0.15, 0.2) is 28.6 Å². The largest absolute Gasteiger partial charge is 0.493 e. The van der Waals surface area contributed by atoms with Crippen molar-refractivity contribution in [1.29, 1.82) is 0 Å². The second kappa shape index (κ2) is 7.98. The molecule has 12 nitrogen and oxygen atoms in total. The van der Waals surface area contributed by atoms with Crippen LogP contribution in [-0.2, 0) is 0 Å². The van der Waals surface area contributed by atoms with Crippen molar-refractivity contribution < 1.29 is 24.1 Å². The van der Waals surface area contributed by atoms with Crippen LogP contribution < -0.4 is 19.9 Å². The van der Waals surface area contributed by atoms with E-state index in [1.807, 2.05) is 0 Å². The number of hydrogen-bond donors (Lipinski definition) is 1. The molecule has 0 spiro atoms. The van der Waals surface area contributed by atoms with Crippen molar-refractivity contribution in [2.24, 2.45) is 10.7 Å². The number of ether oxygens (including phenoxy) is 3. The molecule has 0 aromatic heterocycles. The van der Waals surface area contributed by atoms with Gasteiger partial charge in [-0.3, -0.25) is 20.2 Å². The first-order chi connectivity index (χ1) is 13.2. The number of aliphatic imine (C=N–C) groups is 1. The van der Waals surface area contributed by atoms with E-state index in [0.717, 1.165) is 0 Å². The van der Waals surface area contributed by atoms with Crippen LogP contribution >= 0.6 is 0 Å². The SMILES string of the molecule is COc1ccc([C@@H]2C([N+](=O)[O-])=C(N)N=C(N(C)C)[C@H]2[N+](=O)[O-])c(OC)c1OC. The number of likely N-dealkylation sites (N-methyl/N-ethyl adjacent to an activating group) is 1. The Labute approximate surface area is 160 Å². The number of nitrogens with two attached hydrogens (primary N) is 1. The van der Waals surface area contributed by atoms with E-state index in [2.05, 4.69) is 4.99 Å². The second-order valence-corrected chi connectivity index (χ2v) is 6.02. The normalized spacial score (nSPS) is 19.0. The topological polar surface area (TPSA) is 156 Å². The zero-order valence-corrected chi connectivity index (χ0v) is 16.0. The van der Waals surface area contributed by atoms with Gasteiger partial charge in [0.05, 0.1) is 26.3 Å². The molecule has 0 amide bonds. The molecule has 152 valence electrons. The lowest BCUT2D eigenvalue weighted by Gasteiger charge is -2.29. The first-order valence-corrected chi connectivity index (χ1v) is 8.01. The molecule has 0 radical (unpaired) electrons. The molecular formula is C16H21N5O7. The molecule has 0 saturated heterocycles. The summed E-state index contributed by atoms with van der Waals surface area (Å²) in [4.78, 5) is 27.6. The van der Waals surface area contributed by atoms with Crippen molar-refractivity contribution in [2.75, 3.05) is 35.4 Å². The Morgan fingerprint density at radius 1 is 1.07 bits per heavy atom. The van der Waals surface area contributed by atoms with E-state index in [1.165, 1.54) is 38.4 Å². The minimum absolute atomic E-state index is 0.0186. The number of benzene rings is 1. The molecule has 1 aliphatic rings. The van der Waals surface area contributed by atoms with Gasteiger partial charge in [0, 0.05) is 24.6 Å².